The first-order valence-corrected chi connectivity index (χ1v) is 7.26. The number of aliphatic carboxylic acids is 1. The van der Waals surface area contributed by atoms with Crippen LogP contribution < -0.4 is 0 Å². The SMILES string of the molecule is CN(Cc1cccc(Br)c1)C(=O)[C@H]1[C@@H](C(=O)O)C1(C)C. The zero-order valence-corrected chi connectivity index (χ0v) is 13.3. The largest absolute Gasteiger partial charge is 0.481 e. The highest BCUT2D eigenvalue weighted by atomic mass is 79.9. The van der Waals surface area contributed by atoms with Crippen molar-refractivity contribution >= 4 is 27.8 Å². The third-order valence-corrected chi connectivity index (χ3v) is 4.54. The molecule has 1 aliphatic rings. The Bertz CT molecular complexity index is 556. The fraction of sp³-hybridized carbons (Fsp3) is 0.467. The molecule has 2 atom stereocenters. The minimum absolute atomic E-state index is 0.0950. The Morgan fingerprint density at radius 2 is 2.00 bits per heavy atom. The van der Waals surface area contributed by atoms with Crippen molar-refractivity contribution in [1.82, 2.24) is 4.90 Å². The van der Waals surface area contributed by atoms with Crippen LogP contribution in [0.3, 0.4) is 0 Å². The van der Waals surface area contributed by atoms with Crippen LogP contribution in [0.1, 0.15) is 19.4 Å². The summed E-state index contributed by atoms with van der Waals surface area (Å²) >= 11 is 3.40. The predicted molar refractivity (Wildman–Crippen MR) is 79.0 cm³/mol. The molecule has 4 nitrogen and oxygen atoms in total. The maximum absolute atomic E-state index is 12.4. The normalized spacial score (nSPS) is 23.2. The molecule has 0 aliphatic heterocycles. The molecule has 1 aliphatic carbocycles. The molecule has 0 aromatic heterocycles. The van der Waals surface area contributed by atoms with Crippen LogP contribution in [0.15, 0.2) is 28.7 Å². The number of benzene rings is 1. The number of nitrogens with zero attached hydrogens (tertiary/aromatic N) is 1. The molecule has 5 heteroatoms. The number of hydrogen-bond donors (Lipinski definition) is 1. The molecule has 0 heterocycles. The average molecular weight is 340 g/mol. The number of carboxylic acids is 1. The minimum Gasteiger partial charge on any atom is -0.481 e. The van der Waals surface area contributed by atoms with Gasteiger partial charge in [-0.15, -0.1) is 0 Å². The van der Waals surface area contributed by atoms with Crippen molar-refractivity contribution in [2.24, 2.45) is 17.3 Å². The zero-order valence-electron chi connectivity index (χ0n) is 11.8. The molecule has 0 unspecified atom stereocenters. The van der Waals surface area contributed by atoms with Gasteiger partial charge in [-0.25, -0.2) is 0 Å². The minimum atomic E-state index is -0.885. The van der Waals surface area contributed by atoms with E-state index in [0.29, 0.717) is 6.54 Å². The Labute approximate surface area is 126 Å². The van der Waals surface area contributed by atoms with Gasteiger partial charge in [0.2, 0.25) is 5.91 Å². The van der Waals surface area contributed by atoms with Gasteiger partial charge in [-0.2, -0.15) is 0 Å². The summed E-state index contributed by atoms with van der Waals surface area (Å²) in [4.78, 5) is 25.1. The van der Waals surface area contributed by atoms with E-state index in [1.165, 1.54) is 0 Å². The van der Waals surface area contributed by atoms with Crippen LogP contribution in [0, 0.1) is 17.3 Å². The number of carboxylic acid groups (broad SMARTS) is 1. The van der Waals surface area contributed by atoms with Gasteiger partial charge in [-0.3, -0.25) is 9.59 Å². The number of hydrogen-bond acceptors (Lipinski definition) is 2. The van der Waals surface area contributed by atoms with E-state index in [9.17, 15) is 9.59 Å². The molecule has 0 bridgehead atoms. The number of rotatable bonds is 4. The van der Waals surface area contributed by atoms with E-state index >= 15 is 0 Å². The molecule has 1 saturated carbocycles. The van der Waals surface area contributed by atoms with E-state index in [-0.39, 0.29) is 5.91 Å². The van der Waals surface area contributed by atoms with Crippen LogP contribution in [0.25, 0.3) is 0 Å². The Morgan fingerprint density at radius 3 is 2.50 bits per heavy atom. The highest BCUT2D eigenvalue weighted by Gasteiger charge is 2.66. The molecule has 20 heavy (non-hydrogen) atoms. The molecular weight excluding hydrogens is 322 g/mol. The van der Waals surface area contributed by atoms with Crippen molar-refractivity contribution in [1.29, 1.82) is 0 Å². The Kier molecular flexibility index (Phi) is 3.91. The third kappa shape index (κ3) is 2.73. The van der Waals surface area contributed by atoms with E-state index in [1.54, 1.807) is 11.9 Å². The van der Waals surface area contributed by atoms with Crippen molar-refractivity contribution in [3.63, 3.8) is 0 Å². The average Bonchev–Trinajstić information content (AvgIpc) is 2.91. The van der Waals surface area contributed by atoms with E-state index in [4.69, 9.17) is 5.11 Å². The lowest BCUT2D eigenvalue weighted by Crippen LogP contribution is -2.29. The molecule has 1 fully saturated rings. The zero-order chi connectivity index (χ0) is 15.1. The molecule has 1 N–H and O–H groups in total. The molecule has 108 valence electrons. The number of carbonyl (C=O) groups excluding carboxylic acids is 1. The molecule has 0 spiro atoms. The van der Waals surface area contributed by atoms with Crippen molar-refractivity contribution in [3.05, 3.63) is 34.3 Å². The predicted octanol–water partition coefficient (Wildman–Crippen LogP) is 2.76. The van der Waals surface area contributed by atoms with Gasteiger partial charge in [0.25, 0.3) is 0 Å². The van der Waals surface area contributed by atoms with E-state index in [2.05, 4.69) is 15.9 Å². The van der Waals surface area contributed by atoms with E-state index < -0.39 is 23.2 Å². The topological polar surface area (TPSA) is 57.6 Å². The summed E-state index contributed by atoms with van der Waals surface area (Å²) in [6, 6.07) is 7.74. The number of halogens is 1. The summed E-state index contributed by atoms with van der Waals surface area (Å²) in [5, 5.41) is 9.14. The van der Waals surface area contributed by atoms with Crippen molar-refractivity contribution in [2.45, 2.75) is 20.4 Å². The van der Waals surface area contributed by atoms with Gasteiger partial charge in [0, 0.05) is 18.1 Å². The maximum atomic E-state index is 12.4. The van der Waals surface area contributed by atoms with Crippen LogP contribution in [-0.2, 0) is 16.1 Å². The highest BCUT2D eigenvalue weighted by Crippen LogP contribution is 2.58. The van der Waals surface area contributed by atoms with Crippen LogP contribution in [0.2, 0.25) is 0 Å². The summed E-state index contributed by atoms with van der Waals surface area (Å²) in [7, 11) is 1.72. The second-order valence-electron chi connectivity index (χ2n) is 5.94. The fourth-order valence-corrected chi connectivity index (χ4v) is 3.23. The van der Waals surface area contributed by atoms with E-state index in [0.717, 1.165) is 10.0 Å². The summed E-state index contributed by atoms with van der Waals surface area (Å²) in [6.45, 7) is 4.15. The Balaban J connectivity index is 2.05. The van der Waals surface area contributed by atoms with Gasteiger partial charge in [0.1, 0.15) is 0 Å². The van der Waals surface area contributed by atoms with Crippen molar-refractivity contribution in [2.75, 3.05) is 7.05 Å². The lowest BCUT2D eigenvalue weighted by atomic mass is 10.1. The summed E-state index contributed by atoms with van der Waals surface area (Å²) in [5.41, 5.74) is 0.564. The van der Waals surface area contributed by atoms with E-state index in [1.807, 2.05) is 38.1 Å². The Hall–Kier alpha value is -1.36. The first-order valence-electron chi connectivity index (χ1n) is 6.47. The van der Waals surface area contributed by atoms with Crippen LogP contribution in [0.5, 0.6) is 0 Å². The lowest BCUT2D eigenvalue weighted by Gasteiger charge is -2.18. The second-order valence-corrected chi connectivity index (χ2v) is 6.85. The van der Waals surface area contributed by atoms with Crippen LogP contribution in [-0.4, -0.2) is 28.9 Å². The first-order chi connectivity index (χ1) is 9.25. The first kappa shape index (κ1) is 15.0. The maximum Gasteiger partial charge on any atom is 0.307 e. The molecule has 1 aromatic rings. The second kappa shape index (κ2) is 5.20. The molecule has 0 saturated heterocycles. The fourth-order valence-electron chi connectivity index (χ4n) is 2.78. The van der Waals surface area contributed by atoms with Gasteiger partial charge >= 0.3 is 5.97 Å². The van der Waals surface area contributed by atoms with Crippen LogP contribution in [0.4, 0.5) is 0 Å². The quantitative estimate of drug-likeness (QED) is 0.917. The van der Waals surface area contributed by atoms with Gasteiger partial charge in [0.15, 0.2) is 0 Å². The third-order valence-electron chi connectivity index (χ3n) is 4.04. The monoisotopic (exact) mass is 339 g/mol. The molecular formula is C15H18BrNO3. The summed E-state index contributed by atoms with van der Waals surface area (Å²) in [6.07, 6.45) is 0. The number of carbonyl (C=O) groups is 2. The van der Waals surface area contributed by atoms with Gasteiger partial charge < -0.3 is 10.0 Å². The lowest BCUT2D eigenvalue weighted by molar-refractivity contribution is -0.141. The van der Waals surface area contributed by atoms with Gasteiger partial charge in [-0.05, 0) is 23.1 Å². The molecule has 1 amide bonds. The summed E-state index contributed by atoms with van der Waals surface area (Å²) in [5.74, 6) is -1.97. The van der Waals surface area contributed by atoms with Crippen LogP contribution >= 0.6 is 15.9 Å². The molecule has 1 aromatic carbocycles. The summed E-state index contributed by atoms with van der Waals surface area (Å²) < 4.78 is 0.964. The standard InChI is InChI=1S/C15H18BrNO3/c1-15(2)11(12(15)14(19)20)13(18)17(3)8-9-5-4-6-10(16)7-9/h4-7,11-12H,8H2,1-3H3,(H,19,20)/t11-,12+/m1/s1. The Morgan fingerprint density at radius 1 is 1.35 bits per heavy atom. The number of amides is 1. The highest BCUT2D eigenvalue weighted by molar-refractivity contribution is 9.10. The van der Waals surface area contributed by atoms with Crippen molar-refractivity contribution in [3.8, 4) is 0 Å². The van der Waals surface area contributed by atoms with Gasteiger partial charge in [0.05, 0.1) is 11.8 Å². The molecule has 2 rings (SSSR count). The smallest absolute Gasteiger partial charge is 0.307 e. The van der Waals surface area contributed by atoms with Gasteiger partial charge in [-0.1, -0.05) is 41.9 Å². The molecule has 0 radical (unpaired) electrons. The van der Waals surface area contributed by atoms with Crippen molar-refractivity contribution < 1.29 is 14.7 Å².